The number of benzene rings is 1. The second-order valence-electron chi connectivity index (χ2n) is 4.30. The van der Waals surface area contributed by atoms with E-state index in [1.807, 2.05) is 36.3 Å². The van der Waals surface area contributed by atoms with Crippen LogP contribution in [-0.4, -0.2) is 25.4 Å². The van der Waals surface area contributed by atoms with Crippen molar-refractivity contribution >= 4 is 31.2 Å². The zero-order valence-electron chi connectivity index (χ0n) is 11.7. The van der Waals surface area contributed by atoms with Gasteiger partial charge in [0, 0.05) is 23.2 Å². The average molecular weight is 362 g/mol. The van der Waals surface area contributed by atoms with E-state index in [0.29, 0.717) is 0 Å². The van der Waals surface area contributed by atoms with Gasteiger partial charge in [0.25, 0.3) is 0 Å². The molecule has 5 nitrogen and oxygen atoms in total. The maximum Gasteiger partial charge on any atom is 0.466 e. The van der Waals surface area contributed by atoms with Crippen LogP contribution in [0.25, 0.3) is 0 Å². The first-order valence-corrected chi connectivity index (χ1v) is 9.44. The predicted octanol–water partition coefficient (Wildman–Crippen LogP) is 3.28. The molecule has 8 heteroatoms. The van der Waals surface area contributed by atoms with Gasteiger partial charge in [0.05, 0.1) is 0 Å². The highest BCUT2D eigenvalue weighted by molar-refractivity contribution is 7.98. The first-order valence-electron chi connectivity index (χ1n) is 6.34. The van der Waals surface area contributed by atoms with Crippen molar-refractivity contribution in [3.05, 3.63) is 64.9 Å². The number of rotatable bonds is 5. The van der Waals surface area contributed by atoms with Crippen LogP contribution in [0.2, 0.25) is 5.02 Å². The number of hydrogen-bond acceptors (Lipinski definition) is 3. The van der Waals surface area contributed by atoms with Gasteiger partial charge in [-0.15, -0.1) is 0 Å². The molecule has 0 aliphatic rings. The molecule has 0 aliphatic heterocycles. The van der Waals surface area contributed by atoms with E-state index in [4.69, 9.17) is 30.8 Å². The minimum atomic E-state index is -4.64. The Bertz CT molecular complexity index is 583. The Hall–Kier alpha value is -0.880. The van der Waals surface area contributed by atoms with Gasteiger partial charge in [-0.1, -0.05) is 23.7 Å². The SMILES string of the molecule is Clc1ccc(CSCCc2ccncc2)cc1.O=P(O)(O)O. The fourth-order valence-corrected chi connectivity index (χ4v) is 2.59. The molecule has 0 atom stereocenters. The molecular weight excluding hydrogens is 345 g/mol. The number of nitrogens with zero attached hydrogens (tertiary/aromatic N) is 1. The zero-order valence-corrected chi connectivity index (χ0v) is 14.1. The predicted molar refractivity (Wildman–Crippen MR) is 89.8 cm³/mol. The Morgan fingerprint density at radius 2 is 1.55 bits per heavy atom. The summed E-state index contributed by atoms with van der Waals surface area (Å²) in [6, 6.07) is 12.2. The molecule has 1 aromatic carbocycles. The van der Waals surface area contributed by atoms with Gasteiger partial charge in [0.15, 0.2) is 0 Å². The van der Waals surface area contributed by atoms with Crippen LogP contribution in [0.3, 0.4) is 0 Å². The van der Waals surface area contributed by atoms with Crippen LogP contribution in [-0.2, 0) is 16.7 Å². The molecule has 0 radical (unpaired) electrons. The highest BCUT2D eigenvalue weighted by atomic mass is 35.5. The standard InChI is InChI=1S/C14H14ClNS.H3O4P/c15-14-3-1-13(2-4-14)11-17-10-7-12-5-8-16-9-6-12;1-5(2,3)4/h1-6,8-9H,7,10-11H2;(H3,1,2,3,4). The summed E-state index contributed by atoms with van der Waals surface area (Å²) in [5.74, 6) is 2.18. The maximum absolute atomic E-state index is 8.88. The van der Waals surface area contributed by atoms with Crippen LogP contribution in [0.4, 0.5) is 0 Å². The molecule has 1 aromatic heterocycles. The third kappa shape index (κ3) is 10.8. The van der Waals surface area contributed by atoms with Crippen molar-refractivity contribution in [2.45, 2.75) is 12.2 Å². The van der Waals surface area contributed by atoms with Crippen LogP contribution in [0, 0.1) is 0 Å². The average Bonchev–Trinajstić information content (AvgIpc) is 2.45. The van der Waals surface area contributed by atoms with Crippen molar-refractivity contribution < 1.29 is 19.2 Å². The molecule has 0 aliphatic carbocycles. The van der Waals surface area contributed by atoms with E-state index in [1.54, 1.807) is 0 Å². The minimum Gasteiger partial charge on any atom is -0.303 e. The van der Waals surface area contributed by atoms with Crippen molar-refractivity contribution in [3.63, 3.8) is 0 Å². The molecule has 3 N–H and O–H groups in total. The van der Waals surface area contributed by atoms with E-state index in [2.05, 4.69) is 29.2 Å². The molecule has 2 rings (SSSR count). The van der Waals surface area contributed by atoms with E-state index < -0.39 is 7.82 Å². The molecule has 0 amide bonds. The van der Waals surface area contributed by atoms with Gasteiger partial charge in [-0.3, -0.25) is 4.98 Å². The highest BCUT2D eigenvalue weighted by Crippen LogP contribution is 2.25. The molecular formula is C14H17ClNO4PS. The van der Waals surface area contributed by atoms with Crippen LogP contribution in [0.5, 0.6) is 0 Å². The number of aromatic nitrogens is 1. The van der Waals surface area contributed by atoms with Crippen molar-refractivity contribution in [2.24, 2.45) is 0 Å². The largest absolute Gasteiger partial charge is 0.466 e. The smallest absolute Gasteiger partial charge is 0.303 e. The van der Waals surface area contributed by atoms with E-state index in [0.717, 1.165) is 22.9 Å². The van der Waals surface area contributed by atoms with E-state index >= 15 is 0 Å². The number of hydrogen-bond donors (Lipinski definition) is 3. The zero-order chi connectivity index (χ0) is 16.4. The maximum atomic E-state index is 8.88. The van der Waals surface area contributed by atoms with E-state index in [-0.39, 0.29) is 0 Å². The Morgan fingerprint density at radius 3 is 2.09 bits per heavy atom. The van der Waals surface area contributed by atoms with E-state index in [9.17, 15) is 0 Å². The Morgan fingerprint density at radius 1 is 1.00 bits per heavy atom. The Balaban J connectivity index is 0.000000422. The fourth-order valence-electron chi connectivity index (χ4n) is 1.51. The number of thioether (sulfide) groups is 1. The summed E-state index contributed by atoms with van der Waals surface area (Å²) in [5, 5.41) is 0.801. The van der Waals surface area contributed by atoms with Crippen LogP contribution >= 0.6 is 31.2 Å². The Kier molecular flexibility index (Phi) is 8.71. The minimum absolute atomic E-state index is 0.801. The van der Waals surface area contributed by atoms with Gasteiger partial charge in [0.2, 0.25) is 0 Å². The van der Waals surface area contributed by atoms with Gasteiger partial charge < -0.3 is 14.7 Å². The van der Waals surface area contributed by atoms with Gasteiger partial charge in [-0.2, -0.15) is 11.8 Å². The molecule has 0 spiro atoms. The monoisotopic (exact) mass is 361 g/mol. The van der Waals surface area contributed by atoms with Crippen molar-refractivity contribution in [2.75, 3.05) is 5.75 Å². The lowest BCUT2D eigenvalue weighted by molar-refractivity contribution is 0.275. The van der Waals surface area contributed by atoms with Crippen LogP contribution in [0.1, 0.15) is 11.1 Å². The lowest BCUT2D eigenvalue weighted by Gasteiger charge is -2.02. The third-order valence-electron chi connectivity index (χ3n) is 2.47. The summed E-state index contributed by atoms with van der Waals surface area (Å²) >= 11 is 7.78. The normalized spacial score (nSPS) is 10.7. The van der Waals surface area contributed by atoms with Crippen molar-refractivity contribution in [1.29, 1.82) is 0 Å². The van der Waals surface area contributed by atoms with Gasteiger partial charge >= 0.3 is 7.82 Å². The molecule has 0 saturated heterocycles. The molecule has 120 valence electrons. The van der Waals surface area contributed by atoms with Gasteiger partial charge in [-0.25, -0.2) is 4.57 Å². The first kappa shape index (κ1) is 19.2. The summed E-state index contributed by atoms with van der Waals surface area (Å²) in [4.78, 5) is 25.6. The molecule has 0 bridgehead atoms. The van der Waals surface area contributed by atoms with Crippen LogP contribution in [0.15, 0.2) is 48.8 Å². The topological polar surface area (TPSA) is 90.7 Å². The molecule has 0 fully saturated rings. The summed E-state index contributed by atoms with van der Waals surface area (Å²) in [6.45, 7) is 0. The summed E-state index contributed by atoms with van der Waals surface area (Å²) in [7, 11) is -4.64. The number of aryl methyl sites for hydroxylation is 1. The molecule has 22 heavy (non-hydrogen) atoms. The summed E-state index contributed by atoms with van der Waals surface area (Å²) in [5.41, 5.74) is 2.68. The third-order valence-corrected chi connectivity index (χ3v) is 3.75. The highest BCUT2D eigenvalue weighted by Gasteiger charge is 2.00. The molecule has 0 unspecified atom stereocenters. The molecule has 1 heterocycles. The molecule has 2 aromatic rings. The van der Waals surface area contributed by atoms with Gasteiger partial charge in [-0.05, 0) is 47.6 Å². The summed E-state index contributed by atoms with van der Waals surface area (Å²) < 4.78 is 8.88. The fraction of sp³-hybridized carbons (Fsp3) is 0.214. The second kappa shape index (κ2) is 10.0. The first-order chi connectivity index (χ1) is 10.3. The quantitative estimate of drug-likeness (QED) is 0.559. The van der Waals surface area contributed by atoms with Crippen molar-refractivity contribution in [1.82, 2.24) is 4.98 Å². The van der Waals surface area contributed by atoms with Gasteiger partial charge in [0.1, 0.15) is 0 Å². The van der Waals surface area contributed by atoms with E-state index in [1.165, 1.54) is 11.1 Å². The molecule has 0 saturated carbocycles. The number of halogens is 1. The van der Waals surface area contributed by atoms with Crippen LogP contribution < -0.4 is 0 Å². The van der Waals surface area contributed by atoms with Crippen molar-refractivity contribution in [3.8, 4) is 0 Å². The number of pyridine rings is 1. The lowest BCUT2D eigenvalue weighted by atomic mass is 10.2. The summed E-state index contributed by atoms with van der Waals surface area (Å²) in [6.07, 6.45) is 4.79. The Labute approximate surface area is 138 Å². The second-order valence-corrected chi connectivity index (χ2v) is 6.87. The lowest BCUT2D eigenvalue weighted by Crippen LogP contribution is -1.89. The number of phosphoric acid groups is 1.